The lowest BCUT2D eigenvalue weighted by molar-refractivity contribution is -0.137. The summed E-state index contributed by atoms with van der Waals surface area (Å²) in [6, 6.07) is 13.4. The molecule has 156 valence electrons. The molecule has 1 N–H and O–H groups in total. The van der Waals surface area contributed by atoms with Gasteiger partial charge in [0.2, 0.25) is 5.95 Å². The van der Waals surface area contributed by atoms with Crippen molar-refractivity contribution in [2.24, 2.45) is 0 Å². The molecule has 0 spiro atoms. The van der Waals surface area contributed by atoms with E-state index in [4.69, 9.17) is 0 Å². The second-order valence-electron chi connectivity index (χ2n) is 6.97. The SMILES string of the molecule is CC/C=C(/c1ccc(CC)cc1)c1cnc(Nc2cccc(C(F)(F)F)c2)nc1C. The van der Waals surface area contributed by atoms with Crippen molar-refractivity contribution in [3.63, 3.8) is 0 Å². The Balaban J connectivity index is 1.89. The van der Waals surface area contributed by atoms with E-state index in [2.05, 4.69) is 59.5 Å². The van der Waals surface area contributed by atoms with E-state index >= 15 is 0 Å². The van der Waals surface area contributed by atoms with Crippen LogP contribution in [0.5, 0.6) is 0 Å². The van der Waals surface area contributed by atoms with Gasteiger partial charge in [0.1, 0.15) is 0 Å². The lowest BCUT2D eigenvalue weighted by Crippen LogP contribution is -2.06. The van der Waals surface area contributed by atoms with Crippen LogP contribution in [-0.2, 0) is 12.6 Å². The van der Waals surface area contributed by atoms with Crippen molar-refractivity contribution < 1.29 is 13.2 Å². The smallest absolute Gasteiger partial charge is 0.324 e. The van der Waals surface area contributed by atoms with E-state index in [0.29, 0.717) is 0 Å². The van der Waals surface area contributed by atoms with Gasteiger partial charge in [0, 0.05) is 17.4 Å². The minimum absolute atomic E-state index is 0.257. The Morgan fingerprint density at radius 2 is 1.80 bits per heavy atom. The van der Waals surface area contributed by atoms with Crippen LogP contribution in [0.2, 0.25) is 0 Å². The molecule has 3 aromatic rings. The van der Waals surface area contributed by atoms with Crippen molar-refractivity contribution in [2.75, 3.05) is 5.32 Å². The number of nitrogens with one attached hydrogen (secondary N) is 1. The average molecular weight is 411 g/mol. The van der Waals surface area contributed by atoms with Gasteiger partial charge in [-0.05, 0) is 54.7 Å². The third-order valence-corrected chi connectivity index (χ3v) is 4.80. The molecule has 30 heavy (non-hydrogen) atoms. The summed E-state index contributed by atoms with van der Waals surface area (Å²) < 4.78 is 38.8. The fourth-order valence-electron chi connectivity index (χ4n) is 3.20. The van der Waals surface area contributed by atoms with Crippen LogP contribution in [0.1, 0.15) is 48.2 Å². The number of halogens is 3. The summed E-state index contributed by atoms with van der Waals surface area (Å²) in [4.78, 5) is 8.82. The quantitative estimate of drug-likeness (QED) is 0.477. The molecule has 2 aromatic carbocycles. The predicted molar refractivity (Wildman–Crippen MR) is 115 cm³/mol. The highest BCUT2D eigenvalue weighted by Gasteiger charge is 2.30. The van der Waals surface area contributed by atoms with Crippen LogP contribution in [-0.4, -0.2) is 9.97 Å². The van der Waals surface area contributed by atoms with Gasteiger partial charge in [0.25, 0.3) is 0 Å². The standard InChI is InChI=1S/C24H24F3N3/c1-4-7-21(18-12-10-17(5-2)11-13-18)22-15-28-23(29-16(22)3)30-20-9-6-8-19(14-20)24(25,26)27/h6-15H,4-5H2,1-3H3,(H,28,29,30)/b21-7-. The van der Waals surface area contributed by atoms with E-state index in [1.165, 1.54) is 11.6 Å². The van der Waals surface area contributed by atoms with E-state index in [1.807, 2.05) is 6.92 Å². The van der Waals surface area contributed by atoms with Gasteiger partial charge < -0.3 is 5.32 Å². The third kappa shape index (κ3) is 5.06. The molecule has 1 heterocycles. The second-order valence-corrected chi connectivity index (χ2v) is 6.97. The first-order valence-electron chi connectivity index (χ1n) is 9.89. The van der Waals surface area contributed by atoms with E-state index in [0.717, 1.165) is 47.4 Å². The molecule has 0 radical (unpaired) electrons. The summed E-state index contributed by atoms with van der Waals surface area (Å²) in [6.45, 7) is 6.06. The zero-order valence-corrected chi connectivity index (χ0v) is 17.2. The van der Waals surface area contributed by atoms with Gasteiger partial charge in [-0.3, -0.25) is 0 Å². The van der Waals surface area contributed by atoms with Gasteiger partial charge in [-0.15, -0.1) is 0 Å². The van der Waals surface area contributed by atoms with Gasteiger partial charge in [-0.1, -0.05) is 50.3 Å². The Morgan fingerprint density at radius 1 is 1.07 bits per heavy atom. The number of rotatable bonds is 6. The van der Waals surface area contributed by atoms with Gasteiger partial charge in [-0.2, -0.15) is 13.2 Å². The lowest BCUT2D eigenvalue weighted by Gasteiger charge is -2.13. The summed E-state index contributed by atoms with van der Waals surface area (Å²) in [5.41, 5.74) is 4.61. The predicted octanol–water partition coefficient (Wildman–Crippen LogP) is 6.95. The van der Waals surface area contributed by atoms with Crippen LogP contribution in [0.15, 0.2) is 60.8 Å². The molecule has 0 aliphatic rings. The minimum atomic E-state index is -4.40. The molecule has 0 saturated heterocycles. The van der Waals surface area contributed by atoms with Gasteiger partial charge in [0.05, 0.1) is 11.3 Å². The molecule has 0 aliphatic carbocycles. The molecule has 3 rings (SSSR count). The van der Waals surface area contributed by atoms with E-state index in [9.17, 15) is 13.2 Å². The first kappa shape index (κ1) is 21.6. The number of benzene rings is 2. The van der Waals surface area contributed by atoms with Crippen molar-refractivity contribution in [2.45, 2.75) is 39.8 Å². The van der Waals surface area contributed by atoms with E-state index in [1.54, 1.807) is 12.3 Å². The van der Waals surface area contributed by atoms with Gasteiger partial charge in [-0.25, -0.2) is 9.97 Å². The lowest BCUT2D eigenvalue weighted by atomic mass is 9.96. The van der Waals surface area contributed by atoms with Crippen molar-refractivity contribution in [1.82, 2.24) is 9.97 Å². The molecule has 0 fully saturated rings. The molecule has 0 amide bonds. The van der Waals surface area contributed by atoms with Crippen LogP contribution in [0.25, 0.3) is 5.57 Å². The van der Waals surface area contributed by atoms with Crippen LogP contribution in [0.3, 0.4) is 0 Å². The largest absolute Gasteiger partial charge is 0.416 e. The topological polar surface area (TPSA) is 37.8 Å². The van der Waals surface area contributed by atoms with Crippen LogP contribution in [0.4, 0.5) is 24.8 Å². The van der Waals surface area contributed by atoms with Crippen LogP contribution >= 0.6 is 0 Å². The fraction of sp³-hybridized carbons (Fsp3) is 0.250. The maximum absolute atomic E-state index is 12.9. The van der Waals surface area contributed by atoms with Gasteiger partial charge >= 0.3 is 6.18 Å². The molecule has 0 unspecified atom stereocenters. The van der Waals surface area contributed by atoms with E-state index < -0.39 is 11.7 Å². The fourth-order valence-corrected chi connectivity index (χ4v) is 3.20. The molecule has 0 saturated carbocycles. The molecular formula is C24H24F3N3. The number of hydrogen-bond donors (Lipinski definition) is 1. The molecule has 1 aromatic heterocycles. The highest BCUT2D eigenvalue weighted by Crippen LogP contribution is 2.31. The van der Waals surface area contributed by atoms with Crippen molar-refractivity contribution in [3.05, 3.63) is 88.8 Å². The van der Waals surface area contributed by atoms with Crippen molar-refractivity contribution in [1.29, 1.82) is 0 Å². The zero-order chi connectivity index (χ0) is 21.7. The highest BCUT2D eigenvalue weighted by atomic mass is 19.4. The molecule has 0 atom stereocenters. The van der Waals surface area contributed by atoms with Crippen molar-refractivity contribution >= 4 is 17.2 Å². The first-order chi connectivity index (χ1) is 14.3. The number of alkyl halides is 3. The Morgan fingerprint density at radius 3 is 2.40 bits per heavy atom. The number of hydrogen-bond acceptors (Lipinski definition) is 3. The summed E-state index contributed by atoms with van der Waals surface area (Å²) in [7, 11) is 0. The monoisotopic (exact) mass is 411 g/mol. The molecule has 6 heteroatoms. The summed E-state index contributed by atoms with van der Waals surface area (Å²) >= 11 is 0. The highest BCUT2D eigenvalue weighted by molar-refractivity contribution is 5.80. The Labute approximate surface area is 174 Å². The number of allylic oxidation sites excluding steroid dienone is 1. The summed E-state index contributed by atoms with van der Waals surface area (Å²) in [5, 5.41) is 2.87. The van der Waals surface area contributed by atoms with E-state index in [-0.39, 0.29) is 11.6 Å². The summed E-state index contributed by atoms with van der Waals surface area (Å²) in [5.74, 6) is 0.257. The normalized spacial score (nSPS) is 12.1. The number of anilines is 2. The van der Waals surface area contributed by atoms with Crippen LogP contribution < -0.4 is 5.32 Å². The molecule has 3 nitrogen and oxygen atoms in total. The zero-order valence-electron chi connectivity index (χ0n) is 17.2. The van der Waals surface area contributed by atoms with Gasteiger partial charge in [0.15, 0.2) is 0 Å². The third-order valence-electron chi connectivity index (χ3n) is 4.80. The Hall–Kier alpha value is -3.15. The number of nitrogens with zero attached hydrogens (tertiary/aromatic N) is 2. The summed E-state index contributed by atoms with van der Waals surface area (Å²) in [6.07, 6.45) is 1.28. The Bertz CT molecular complexity index is 1040. The minimum Gasteiger partial charge on any atom is -0.324 e. The average Bonchev–Trinajstić information content (AvgIpc) is 2.72. The second kappa shape index (κ2) is 9.11. The maximum atomic E-state index is 12.9. The molecule has 0 bridgehead atoms. The van der Waals surface area contributed by atoms with Crippen LogP contribution in [0, 0.1) is 6.92 Å². The first-order valence-corrected chi connectivity index (χ1v) is 9.89. The van der Waals surface area contributed by atoms with Crippen molar-refractivity contribution in [3.8, 4) is 0 Å². The molecular weight excluding hydrogens is 387 g/mol. The Kier molecular flexibility index (Phi) is 6.55. The number of aromatic nitrogens is 2. The number of aryl methyl sites for hydroxylation is 2. The maximum Gasteiger partial charge on any atom is 0.416 e. The molecule has 0 aliphatic heterocycles.